The number of benzene rings is 1. The van der Waals surface area contributed by atoms with E-state index in [2.05, 4.69) is 15.4 Å². The van der Waals surface area contributed by atoms with E-state index in [1.54, 1.807) is 10.7 Å². The van der Waals surface area contributed by atoms with Gasteiger partial charge >= 0.3 is 0 Å². The van der Waals surface area contributed by atoms with Gasteiger partial charge in [-0.3, -0.25) is 4.79 Å². The number of amides is 1. The van der Waals surface area contributed by atoms with Gasteiger partial charge in [-0.25, -0.2) is 9.67 Å². The molecule has 0 saturated heterocycles. The van der Waals surface area contributed by atoms with Crippen LogP contribution in [0.3, 0.4) is 0 Å². The molecule has 1 aromatic carbocycles. The minimum absolute atomic E-state index is 0.0877. The van der Waals surface area contributed by atoms with Crippen molar-refractivity contribution >= 4 is 17.5 Å². The summed E-state index contributed by atoms with van der Waals surface area (Å²) in [5.41, 5.74) is -0.0793. The van der Waals surface area contributed by atoms with Crippen LogP contribution in [0.4, 0.5) is 0 Å². The number of hydrogen-bond acceptors (Lipinski definition) is 4. The van der Waals surface area contributed by atoms with Gasteiger partial charge in [-0.15, -0.1) is 5.10 Å². The van der Waals surface area contributed by atoms with Crippen molar-refractivity contribution in [2.75, 3.05) is 6.54 Å². The molecule has 0 radical (unpaired) electrons. The van der Waals surface area contributed by atoms with Gasteiger partial charge in [0.05, 0.1) is 16.3 Å². The van der Waals surface area contributed by atoms with Crippen molar-refractivity contribution in [3.8, 4) is 5.69 Å². The van der Waals surface area contributed by atoms with E-state index in [4.69, 9.17) is 11.6 Å². The van der Waals surface area contributed by atoms with Gasteiger partial charge < -0.3 is 10.4 Å². The first-order valence-corrected chi connectivity index (χ1v) is 8.11. The Balaban J connectivity index is 1.81. The molecule has 0 aliphatic heterocycles. The van der Waals surface area contributed by atoms with E-state index in [-0.39, 0.29) is 18.3 Å². The number of halogens is 1. The standard InChI is InChI=1S/C16H19ClN4O2/c1-2-13-19-14(15(22)18-10-16(23)8-5-9-16)20-21(13)12-7-4-3-6-11(12)17/h3-4,6-7,23H,2,5,8-10H2,1H3,(H,18,22). The molecule has 0 spiro atoms. The highest BCUT2D eigenvalue weighted by Crippen LogP contribution is 2.30. The molecule has 2 N–H and O–H groups in total. The van der Waals surface area contributed by atoms with Gasteiger partial charge in [0.15, 0.2) is 0 Å². The number of nitrogens with one attached hydrogen (secondary N) is 1. The summed E-state index contributed by atoms with van der Waals surface area (Å²) in [5, 5.41) is 17.6. The molecule has 7 heteroatoms. The Morgan fingerprint density at radius 3 is 2.78 bits per heavy atom. The predicted octanol–water partition coefficient (Wildman–Crippen LogP) is 2.13. The summed E-state index contributed by atoms with van der Waals surface area (Å²) in [7, 11) is 0. The fourth-order valence-electron chi connectivity index (χ4n) is 2.57. The second kappa shape index (κ2) is 6.29. The Labute approximate surface area is 139 Å². The fraction of sp³-hybridized carbons (Fsp3) is 0.438. The van der Waals surface area contributed by atoms with Gasteiger partial charge in [0.1, 0.15) is 5.82 Å². The molecule has 1 aliphatic rings. The van der Waals surface area contributed by atoms with Crippen molar-refractivity contribution in [1.29, 1.82) is 0 Å². The quantitative estimate of drug-likeness (QED) is 0.877. The van der Waals surface area contributed by atoms with Crippen molar-refractivity contribution in [2.45, 2.75) is 38.2 Å². The number of para-hydroxylation sites is 1. The lowest BCUT2D eigenvalue weighted by Crippen LogP contribution is -2.47. The Kier molecular flexibility index (Phi) is 4.37. The highest BCUT2D eigenvalue weighted by Gasteiger charge is 2.35. The van der Waals surface area contributed by atoms with E-state index in [0.29, 0.717) is 23.0 Å². The number of aliphatic hydroxyl groups is 1. The number of carbonyl (C=O) groups excluding carboxylic acids is 1. The minimum atomic E-state index is -0.769. The second-order valence-electron chi connectivity index (χ2n) is 5.83. The molecule has 1 saturated carbocycles. The van der Waals surface area contributed by atoms with Crippen LogP contribution in [0, 0.1) is 0 Å². The highest BCUT2D eigenvalue weighted by atomic mass is 35.5. The van der Waals surface area contributed by atoms with E-state index < -0.39 is 5.60 Å². The maximum absolute atomic E-state index is 12.2. The van der Waals surface area contributed by atoms with Crippen LogP contribution in [0.25, 0.3) is 5.69 Å². The Hall–Kier alpha value is -1.92. The Bertz CT molecular complexity index is 725. The van der Waals surface area contributed by atoms with Gasteiger partial charge in [-0.2, -0.15) is 0 Å². The molecule has 1 amide bonds. The zero-order valence-electron chi connectivity index (χ0n) is 12.9. The predicted molar refractivity (Wildman–Crippen MR) is 86.9 cm³/mol. The molecule has 1 heterocycles. The molecule has 2 aromatic rings. The number of nitrogens with zero attached hydrogens (tertiary/aromatic N) is 3. The maximum Gasteiger partial charge on any atom is 0.291 e. The summed E-state index contributed by atoms with van der Waals surface area (Å²) in [6, 6.07) is 7.29. The smallest absolute Gasteiger partial charge is 0.291 e. The monoisotopic (exact) mass is 334 g/mol. The van der Waals surface area contributed by atoms with Crippen LogP contribution in [0.1, 0.15) is 42.6 Å². The van der Waals surface area contributed by atoms with Gasteiger partial charge in [0.2, 0.25) is 5.82 Å². The lowest BCUT2D eigenvalue weighted by molar-refractivity contribution is -0.0301. The molecule has 0 unspecified atom stereocenters. The van der Waals surface area contributed by atoms with Crippen molar-refractivity contribution < 1.29 is 9.90 Å². The zero-order chi connectivity index (χ0) is 16.4. The molecular weight excluding hydrogens is 316 g/mol. The number of carbonyl (C=O) groups is 1. The number of hydrogen-bond donors (Lipinski definition) is 2. The third-order valence-electron chi connectivity index (χ3n) is 4.14. The second-order valence-corrected chi connectivity index (χ2v) is 6.24. The summed E-state index contributed by atoms with van der Waals surface area (Å²) >= 11 is 6.20. The highest BCUT2D eigenvalue weighted by molar-refractivity contribution is 6.32. The normalized spacial score (nSPS) is 16.0. The van der Waals surface area contributed by atoms with E-state index >= 15 is 0 Å². The van der Waals surface area contributed by atoms with Crippen LogP contribution in [-0.4, -0.2) is 37.9 Å². The SMILES string of the molecule is CCc1nc(C(=O)NCC2(O)CCC2)nn1-c1ccccc1Cl. The Morgan fingerprint density at radius 2 is 2.17 bits per heavy atom. The van der Waals surface area contributed by atoms with Crippen LogP contribution in [-0.2, 0) is 6.42 Å². The minimum Gasteiger partial charge on any atom is -0.388 e. The molecule has 6 nitrogen and oxygen atoms in total. The topological polar surface area (TPSA) is 80.0 Å². The summed E-state index contributed by atoms with van der Waals surface area (Å²) in [4.78, 5) is 16.5. The summed E-state index contributed by atoms with van der Waals surface area (Å²) in [5.74, 6) is 0.362. The maximum atomic E-state index is 12.2. The molecule has 23 heavy (non-hydrogen) atoms. The average Bonchev–Trinajstić information content (AvgIpc) is 2.95. The van der Waals surface area contributed by atoms with Crippen LogP contribution < -0.4 is 5.32 Å². The summed E-state index contributed by atoms with van der Waals surface area (Å²) in [6.07, 6.45) is 3.05. The van der Waals surface area contributed by atoms with Crippen molar-refractivity contribution in [2.24, 2.45) is 0 Å². The van der Waals surface area contributed by atoms with Gasteiger partial charge in [-0.05, 0) is 31.4 Å². The van der Waals surface area contributed by atoms with Crippen LogP contribution >= 0.6 is 11.6 Å². The van der Waals surface area contributed by atoms with E-state index in [1.807, 2.05) is 25.1 Å². The molecule has 1 fully saturated rings. The number of aryl methyl sites for hydroxylation is 1. The first-order chi connectivity index (χ1) is 11.0. The largest absolute Gasteiger partial charge is 0.388 e. The average molecular weight is 335 g/mol. The van der Waals surface area contributed by atoms with Gasteiger partial charge in [0.25, 0.3) is 5.91 Å². The fourth-order valence-corrected chi connectivity index (χ4v) is 2.79. The molecule has 0 atom stereocenters. The van der Waals surface area contributed by atoms with Gasteiger partial charge in [-0.1, -0.05) is 30.7 Å². The third-order valence-corrected chi connectivity index (χ3v) is 4.46. The summed E-state index contributed by atoms with van der Waals surface area (Å²) in [6.45, 7) is 2.17. The van der Waals surface area contributed by atoms with Crippen molar-refractivity contribution in [3.63, 3.8) is 0 Å². The van der Waals surface area contributed by atoms with Crippen molar-refractivity contribution in [1.82, 2.24) is 20.1 Å². The molecule has 3 rings (SSSR count). The first-order valence-electron chi connectivity index (χ1n) is 7.74. The van der Waals surface area contributed by atoms with Crippen LogP contribution in [0.2, 0.25) is 5.02 Å². The molecule has 122 valence electrons. The molecular formula is C16H19ClN4O2. The Morgan fingerprint density at radius 1 is 1.43 bits per heavy atom. The number of rotatable bonds is 5. The summed E-state index contributed by atoms with van der Waals surface area (Å²) < 4.78 is 1.59. The lowest BCUT2D eigenvalue weighted by Gasteiger charge is -2.36. The van der Waals surface area contributed by atoms with E-state index in [9.17, 15) is 9.90 Å². The first kappa shape index (κ1) is 16.0. The molecule has 1 aliphatic carbocycles. The van der Waals surface area contributed by atoms with Crippen LogP contribution in [0.15, 0.2) is 24.3 Å². The number of aromatic nitrogens is 3. The zero-order valence-corrected chi connectivity index (χ0v) is 13.7. The van der Waals surface area contributed by atoms with Crippen LogP contribution in [0.5, 0.6) is 0 Å². The van der Waals surface area contributed by atoms with Crippen molar-refractivity contribution in [3.05, 3.63) is 40.9 Å². The van der Waals surface area contributed by atoms with Gasteiger partial charge in [0, 0.05) is 13.0 Å². The van der Waals surface area contributed by atoms with E-state index in [0.717, 1.165) is 19.3 Å². The molecule has 1 aromatic heterocycles. The third kappa shape index (κ3) is 3.23. The molecule has 0 bridgehead atoms. The van der Waals surface area contributed by atoms with E-state index in [1.165, 1.54) is 0 Å². The lowest BCUT2D eigenvalue weighted by atomic mass is 9.80.